The quantitative estimate of drug-likeness (QED) is 0.910. The van der Waals surface area contributed by atoms with Gasteiger partial charge in [0, 0.05) is 31.7 Å². The molecule has 1 saturated heterocycles. The first-order chi connectivity index (χ1) is 11.9. The average molecular weight is 343 g/mol. The minimum atomic E-state index is -0.115. The molecule has 136 valence electrons. The van der Waals surface area contributed by atoms with Crippen molar-refractivity contribution in [3.05, 3.63) is 29.8 Å². The Bertz CT molecular complexity index is 622. The van der Waals surface area contributed by atoms with Gasteiger partial charge in [-0.1, -0.05) is 31.5 Å². The number of urea groups is 1. The van der Waals surface area contributed by atoms with Crippen molar-refractivity contribution in [2.45, 2.75) is 46.1 Å². The molecule has 3 rings (SSSR count). The van der Waals surface area contributed by atoms with E-state index in [-0.39, 0.29) is 18.0 Å². The maximum absolute atomic E-state index is 12.7. The number of benzene rings is 1. The number of nitrogens with zero attached hydrogens (tertiary/aromatic N) is 2. The SMILES string of the molecule is Cc1ccc(NC(=O)N2CCC(=O)N(CC3CC3)C(C(C)C)C2)cc1. The zero-order chi connectivity index (χ0) is 18.0. The Morgan fingerprint density at radius 3 is 2.52 bits per heavy atom. The third kappa shape index (κ3) is 4.53. The Hall–Kier alpha value is -2.04. The highest BCUT2D eigenvalue weighted by Gasteiger charge is 2.36. The molecule has 1 saturated carbocycles. The first-order valence-corrected chi connectivity index (χ1v) is 9.36. The van der Waals surface area contributed by atoms with E-state index in [0.717, 1.165) is 17.8 Å². The molecule has 1 aliphatic heterocycles. The Kier molecular flexibility index (Phi) is 5.30. The molecule has 1 aliphatic carbocycles. The number of hydrogen-bond acceptors (Lipinski definition) is 2. The van der Waals surface area contributed by atoms with E-state index in [1.807, 2.05) is 36.1 Å². The zero-order valence-corrected chi connectivity index (χ0v) is 15.5. The summed E-state index contributed by atoms with van der Waals surface area (Å²) in [4.78, 5) is 29.2. The van der Waals surface area contributed by atoms with Gasteiger partial charge in [-0.3, -0.25) is 4.79 Å². The highest BCUT2D eigenvalue weighted by atomic mass is 16.2. The van der Waals surface area contributed by atoms with Gasteiger partial charge in [-0.15, -0.1) is 0 Å². The molecule has 1 aromatic rings. The highest BCUT2D eigenvalue weighted by molar-refractivity contribution is 5.90. The highest BCUT2D eigenvalue weighted by Crippen LogP contribution is 2.32. The van der Waals surface area contributed by atoms with Gasteiger partial charge >= 0.3 is 6.03 Å². The molecule has 3 amide bonds. The largest absolute Gasteiger partial charge is 0.337 e. The fourth-order valence-electron chi connectivity index (χ4n) is 3.39. The fourth-order valence-corrected chi connectivity index (χ4v) is 3.39. The van der Waals surface area contributed by atoms with Crippen LogP contribution in [0.15, 0.2) is 24.3 Å². The van der Waals surface area contributed by atoms with Gasteiger partial charge in [0.1, 0.15) is 0 Å². The molecule has 1 N–H and O–H groups in total. The summed E-state index contributed by atoms with van der Waals surface area (Å²) in [6.45, 7) is 8.25. The molecule has 2 aliphatic rings. The molecule has 1 heterocycles. The van der Waals surface area contributed by atoms with Crippen LogP contribution in [0.1, 0.15) is 38.7 Å². The van der Waals surface area contributed by atoms with Crippen LogP contribution in [-0.4, -0.2) is 47.4 Å². The molecular formula is C20H29N3O2. The van der Waals surface area contributed by atoms with Crippen LogP contribution >= 0.6 is 0 Å². The van der Waals surface area contributed by atoms with Crippen molar-refractivity contribution in [1.82, 2.24) is 9.80 Å². The molecule has 1 aromatic carbocycles. The maximum Gasteiger partial charge on any atom is 0.321 e. The standard InChI is InChI=1S/C20H29N3O2/c1-14(2)18-13-22(11-10-19(24)23(18)12-16-6-7-16)20(25)21-17-8-4-15(3)5-9-17/h4-5,8-9,14,16,18H,6-7,10-13H2,1-3H3,(H,21,25). The molecule has 0 radical (unpaired) electrons. The lowest BCUT2D eigenvalue weighted by Gasteiger charge is -2.34. The van der Waals surface area contributed by atoms with Crippen LogP contribution in [0.25, 0.3) is 0 Å². The van der Waals surface area contributed by atoms with Gasteiger partial charge in [0.2, 0.25) is 5.91 Å². The van der Waals surface area contributed by atoms with E-state index in [2.05, 4.69) is 19.2 Å². The van der Waals surface area contributed by atoms with Crippen molar-refractivity contribution in [2.24, 2.45) is 11.8 Å². The van der Waals surface area contributed by atoms with Gasteiger partial charge in [-0.25, -0.2) is 4.79 Å². The number of hydrogen-bond donors (Lipinski definition) is 1. The first kappa shape index (κ1) is 17.8. The summed E-state index contributed by atoms with van der Waals surface area (Å²) in [6.07, 6.45) is 2.87. The Morgan fingerprint density at radius 2 is 1.92 bits per heavy atom. The smallest absolute Gasteiger partial charge is 0.321 e. The van der Waals surface area contributed by atoms with Gasteiger partial charge in [-0.05, 0) is 43.7 Å². The Labute approximate surface area is 150 Å². The average Bonchev–Trinajstić information content (AvgIpc) is 3.39. The van der Waals surface area contributed by atoms with Crippen molar-refractivity contribution in [3.63, 3.8) is 0 Å². The van der Waals surface area contributed by atoms with Gasteiger partial charge in [-0.2, -0.15) is 0 Å². The lowest BCUT2D eigenvalue weighted by atomic mass is 10.0. The van der Waals surface area contributed by atoms with Crippen molar-refractivity contribution >= 4 is 17.6 Å². The van der Waals surface area contributed by atoms with Crippen LogP contribution in [-0.2, 0) is 4.79 Å². The predicted molar refractivity (Wildman–Crippen MR) is 99.5 cm³/mol. The minimum Gasteiger partial charge on any atom is -0.337 e. The number of carbonyl (C=O) groups is 2. The van der Waals surface area contributed by atoms with Gasteiger partial charge in [0.25, 0.3) is 0 Å². The Morgan fingerprint density at radius 1 is 1.24 bits per heavy atom. The number of amides is 3. The van der Waals surface area contributed by atoms with Crippen molar-refractivity contribution < 1.29 is 9.59 Å². The summed E-state index contributed by atoms with van der Waals surface area (Å²) in [5, 5.41) is 2.97. The summed E-state index contributed by atoms with van der Waals surface area (Å²) < 4.78 is 0. The monoisotopic (exact) mass is 343 g/mol. The van der Waals surface area contributed by atoms with Gasteiger partial charge < -0.3 is 15.1 Å². The van der Waals surface area contributed by atoms with E-state index in [9.17, 15) is 9.59 Å². The number of aryl methyl sites for hydroxylation is 1. The predicted octanol–water partition coefficient (Wildman–Crippen LogP) is 3.50. The molecule has 2 fully saturated rings. The van der Waals surface area contributed by atoms with E-state index in [4.69, 9.17) is 0 Å². The fraction of sp³-hybridized carbons (Fsp3) is 0.600. The molecule has 25 heavy (non-hydrogen) atoms. The second kappa shape index (κ2) is 7.46. The lowest BCUT2D eigenvalue weighted by Crippen LogP contribution is -2.48. The number of carbonyl (C=O) groups excluding carboxylic acids is 2. The number of anilines is 1. The van der Waals surface area contributed by atoms with Crippen LogP contribution < -0.4 is 5.32 Å². The third-order valence-corrected chi connectivity index (χ3v) is 5.24. The van der Waals surface area contributed by atoms with E-state index >= 15 is 0 Å². The summed E-state index contributed by atoms with van der Waals surface area (Å²) >= 11 is 0. The number of nitrogens with one attached hydrogen (secondary N) is 1. The van der Waals surface area contributed by atoms with Crippen LogP contribution in [0.3, 0.4) is 0 Å². The first-order valence-electron chi connectivity index (χ1n) is 9.36. The van der Waals surface area contributed by atoms with Gasteiger partial charge in [0.15, 0.2) is 0 Å². The van der Waals surface area contributed by atoms with Crippen LogP contribution in [0.4, 0.5) is 10.5 Å². The topological polar surface area (TPSA) is 52.7 Å². The van der Waals surface area contributed by atoms with Crippen molar-refractivity contribution in [3.8, 4) is 0 Å². The maximum atomic E-state index is 12.7. The molecular weight excluding hydrogens is 314 g/mol. The summed E-state index contributed by atoms with van der Waals surface area (Å²) in [6, 6.07) is 7.77. The summed E-state index contributed by atoms with van der Waals surface area (Å²) in [5.74, 6) is 1.19. The van der Waals surface area contributed by atoms with E-state index in [0.29, 0.717) is 31.3 Å². The zero-order valence-electron chi connectivity index (χ0n) is 15.5. The molecule has 0 spiro atoms. The number of rotatable bonds is 4. The molecule has 0 bridgehead atoms. The van der Waals surface area contributed by atoms with Crippen LogP contribution in [0.5, 0.6) is 0 Å². The van der Waals surface area contributed by atoms with Crippen LogP contribution in [0.2, 0.25) is 0 Å². The third-order valence-electron chi connectivity index (χ3n) is 5.24. The van der Waals surface area contributed by atoms with E-state index < -0.39 is 0 Å². The normalized spacial score (nSPS) is 21.4. The second-order valence-corrected chi connectivity index (χ2v) is 7.79. The minimum absolute atomic E-state index is 0.0966. The molecule has 0 aromatic heterocycles. The Balaban J connectivity index is 1.69. The van der Waals surface area contributed by atoms with E-state index in [1.54, 1.807) is 4.90 Å². The lowest BCUT2D eigenvalue weighted by molar-refractivity contribution is -0.133. The van der Waals surface area contributed by atoms with Gasteiger partial charge in [0.05, 0.1) is 6.04 Å². The van der Waals surface area contributed by atoms with Crippen molar-refractivity contribution in [2.75, 3.05) is 25.0 Å². The molecule has 1 unspecified atom stereocenters. The van der Waals surface area contributed by atoms with E-state index in [1.165, 1.54) is 12.8 Å². The second-order valence-electron chi connectivity index (χ2n) is 7.79. The molecule has 5 nitrogen and oxygen atoms in total. The van der Waals surface area contributed by atoms with Crippen LogP contribution in [0, 0.1) is 18.8 Å². The summed E-state index contributed by atoms with van der Waals surface area (Å²) in [7, 11) is 0. The summed E-state index contributed by atoms with van der Waals surface area (Å²) in [5.41, 5.74) is 1.95. The molecule has 5 heteroatoms. The van der Waals surface area contributed by atoms with Crippen molar-refractivity contribution in [1.29, 1.82) is 0 Å². The molecule has 1 atom stereocenters.